The Morgan fingerprint density at radius 2 is 1.58 bits per heavy atom. The molecule has 2 N–H and O–H groups in total. The molecule has 5 nitrogen and oxygen atoms in total. The van der Waals surface area contributed by atoms with Gasteiger partial charge in [-0.3, -0.25) is 0 Å². The fourth-order valence-electron chi connectivity index (χ4n) is 3.54. The fraction of sp³-hybridized carbons (Fsp3) is 0.227. The molecular weight excluding hydrogens is 427 g/mol. The highest BCUT2D eigenvalue weighted by Gasteiger charge is 2.31. The number of alkyl halides is 3. The zero-order valence-electron chi connectivity index (χ0n) is 16.4. The second-order valence-corrected chi connectivity index (χ2v) is 9.34. The topological polar surface area (TPSA) is 76.3 Å². The highest BCUT2D eigenvalue weighted by atomic mass is 32.2. The summed E-state index contributed by atoms with van der Waals surface area (Å²) in [5, 5.41) is 0. The van der Waals surface area contributed by atoms with E-state index in [1.165, 1.54) is 48.5 Å². The Balaban J connectivity index is 1.87. The Morgan fingerprint density at radius 1 is 0.903 bits per heavy atom. The summed E-state index contributed by atoms with van der Waals surface area (Å²) in [6.07, 6.45) is -2.63. The van der Waals surface area contributed by atoms with Crippen molar-refractivity contribution in [2.45, 2.75) is 28.8 Å². The Bertz CT molecular complexity index is 1200. The van der Waals surface area contributed by atoms with Crippen molar-refractivity contribution < 1.29 is 21.6 Å². The molecule has 2 heterocycles. The number of nitrogens with two attached hydrogens (primary N) is 1. The maximum atomic E-state index is 13.3. The monoisotopic (exact) mass is 447 g/mol. The standard InChI is InChI=1S/C22H20F3N3O2S/c23-22(24,25)16-5-3-4-15(12-16)20-13-19(14-21(27-20)28-10-1-2-11-28)31(29,30)18-8-6-17(26)7-9-18/h3-9,12-14H,1-2,10-11,26H2. The highest BCUT2D eigenvalue weighted by Crippen LogP contribution is 2.34. The lowest BCUT2D eigenvalue weighted by Crippen LogP contribution is -2.20. The molecule has 0 radical (unpaired) electrons. The Hall–Kier alpha value is -3.07. The predicted molar refractivity (Wildman–Crippen MR) is 112 cm³/mol. The van der Waals surface area contributed by atoms with E-state index in [0.29, 0.717) is 24.6 Å². The van der Waals surface area contributed by atoms with Gasteiger partial charge in [-0.15, -0.1) is 0 Å². The predicted octanol–water partition coefficient (Wildman–Crippen LogP) is 4.78. The van der Waals surface area contributed by atoms with Crippen molar-refractivity contribution in [1.29, 1.82) is 0 Å². The second-order valence-electron chi connectivity index (χ2n) is 7.39. The zero-order valence-corrected chi connectivity index (χ0v) is 17.2. The van der Waals surface area contributed by atoms with Crippen LogP contribution in [0.1, 0.15) is 18.4 Å². The van der Waals surface area contributed by atoms with Gasteiger partial charge < -0.3 is 10.6 Å². The van der Waals surface area contributed by atoms with E-state index in [1.807, 2.05) is 4.90 Å². The van der Waals surface area contributed by atoms with E-state index in [0.717, 1.165) is 25.0 Å². The van der Waals surface area contributed by atoms with Gasteiger partial charge in [-0.25, -0.2) is 13.4 Å². The van der Waals surface area contributed by atoms with Crippen LogP contribution >= 0.6 is 0 Å². The second kappa shape index (κ2) is 7.88. The van der Waals surface area contributed by atoms with Crippen LogP contribution in [0, 0.1) is 0 Å². The third-order valence-corrected chi connectivity index (χ3v) is 6.95. The highest BCUT2D eigenvalue weighted by molar-refractivity contribution is 7.91. The molecule has 0 saturated carbocycles. The van der Waals surface area contributed by atoms with E-state index >= 15 is 0 Å². The van der Waals surface area contributed by atoms with Gasteiger partial charge in [0.15, 0.2) is 0 Å². The molecule has 1 saturated heterocycles. The largest absolute Gasteiger partial charge is 0.416 e. The fourth-order valence-corrected chi connectivity index (χ4v) is 4.83. The molecule has 0 spiro atoms. The van der Waals surface area contributed by atoms with Gasteiger partial charge in [0.1, 0.15) is 5.82 Å². The molecule has 0 bridgehead atoms. The van der Waals surface area contributed by atoms with Crippen molar-refractivity contribution in [3.8, 4) is 11.3 Å². The first-order valence-electron chi connectivity index (χ1n) is 9.70. The van der Waals surface area contributed by atoms with Crippen LogP contribution in [-0.2, 0) is 16.0 Å². The number of hydrogen-bond donors (Lipinski definition) is 1. The number of nitrogen functional groups attached to an aromatic ring is 1. The quantitative estimate of drug-likeness (QED) is 0.583. The van der Waals surface area contributed by atoms with Gasteiger partial charge in [0.25, 0.3) is 0 Å². The first-order valence-corrected chi connectivity index (χ1v) is 11.2. The molecule has 0 unspecified atom stereocenters. The first-order chi connectivity index (χ1) is 14.6. The smallest absolute Gasteiger partial charge is 0.399 e. The van der Waals surface area contributed by atoms with Crippen LogP contribution in [-0.4, -0.2) is 26.5 Å². The lowest BCUT2D eigenvalue weighted by atomic mass is 10.1. The SMILES string of the molecule is Nc1ccc(S(=O)(=O)c2cc(-c3cccc(C(F)(F)F)c3)nc(N3CCCC3)c2)cc1. The number of hydrogen-bond acceptors (Lipinski definition) is 5. The van der Waals surface area contributed by atoms with E-state index < -0.39 is 21.6 Å². The molecule has 0 atom stereocenters. The third-order valence-electron chi connectivity index (χ3n) is 5.20. The molecule has 3 aromatic rings. The van der Waals surface area contributed by atoms with Crippen molar-refractivity contribution in [2.75, 3.05) is 23.7 Å². The van der Waals surface area contributed by atoms with Crippen LogP contribution in [0.25, 0.3) is 11.3 Å². The number of halogens is 3. The summed E-state index contributed by atoms with van der Waals surface area (Å²) in [4.78, 5) is 6.47. The summed E-state index contributed by atoms with van der Waals surface area (Å²) in [5.41, 5.74) is 5.64. The van der Waals surface area contributed by atoms with Gasteiger partial charge in [-0.1, -0.05) is 12.1 Å². The molecule has 1 aliphatic rings. The molecule has 2 aromatic carbocycles. The summed E-state index contributed by atoms with van der Waals surface area (Å²) in [6, 6.07) is 13.3. The maximum absolute atomic E-state index is 13.3. The van der Waals surface area contributed by atoms with Crippen molar-refractivity contribution in [3.63, 3.8) is 0 Å². The Morgan fingerprint density at radius 3 is 2.23 bits per heavy atom. The van der Waals surface area contributed by atoms with Gasteiger partial charge >= 0.3 is 6.18 Å². The van der Waals surface area contributed by atoms with Crippen molar-refractivity contribution in [2.24, 2.45) is 0 Å². The number of aromatic nitrogens is 1. The first kappa shape index (κ1) is 21.2. The normalized spacial score (nSPS) is 14.7. The van der Waals surface area contributed by atoms with Gasteiger partial charge in [0.2, 0.25) is 9.84 Å². The Kier molecular flexibility index (Phi) is 5.38. The number of pyridine rings is 1. The van der Waals surface area contributed by atoms with Crippen LogP contribution in [0.5, 0.6) is 0 Å². The number of sulfone groups is 1. The molecule has 4 rings (SSSR count). The van der Waals surface area contributed by atoms with Crippen molar-refractivity contribution in [1.82, 2.24) is 4.98 Å². The average molecular weight is 447 g/mol. The lowest BCUT2D eigenvalue weighted by Gasteiger charge is -2.19. The van der Waals surface area contributed by atoms with Gasteiger partial charge in [-0.2, -0.15) is 13.2 Å². The minimum absolute atomic E-state index is 0.0263. The van der Waals surface area contributed by atoms with Gasteiger partial charge in [0, 0.05) is 24.3 Å². The number of anilines is 2. The van der Waals surface area contributed by atoms with E-state index in [2.05, 4.69) is 4.98 Å². The molecule has 9 heteroatoms. The summed E-state index contributed by atoms with van der Waals surface area (Å²) in [7, 11) is -3.92. The summed E-state index contributed by atoms with van der Waals surface area (Å²) in [6.45, 7) is 1.42. The molecule has 1 aliphatic heterocycles. The van der Waals surface area contributed by atoms with Crippen LogP contribution < -0.4 is 10.6 Å². The molecule has 1 aromatic heterocycles. The van der Waals surface area contributed by atoms with E-state index in [1.54, 1.807) is 0 Å². The lowest BCUT2D eigenvalue weighted by molar-refractivity contribution is -0.137. The maximum Gasteiger partial charge on any atom is 0.416 e. The zero-order chi connectivity index (χ0) is 22.2. The van der Waals surface area contributed by atoms with Crippen molar-refractivity contribution >= 4 is 21.3 Å². The number of benzene rings is 2. The molecule has 0 amide bonds. The van der Waals surface area contributed by atoms with E-state index in [4.69, 9.17) is 5.73 Å². The van der Waals surface area contributed by atoms with Gasteiger partial charge in [0.05, 0.1) is 21.0 Å². The Labute approximate surface area is 178 Å². The van der Waals surface area contributed by atoms with E-state index in [9.17, 15) is 21.6 Å². The molecule has 31 heavy (non-hydrogen) atoms. The van der Waals surface area contributed by atoms with Crippen molar-refractivity contribution in [3.05, 3.63) is 66.2 Å². The summed E-state index contributed by atoms with van der Waals surface area (Å²) < 4.78 is 66.1. The van der Waals surface area contributed by atoms with Crippen LogP contribution in [0.2, 0.25) is 0 Å². The van der Waals surface area contributed by atoms with Gasteiger partial charge in [-0.05, 0) is 61.4 Å². The number of rotatable bonds is 4. The minimum atomic E-state index is -4.51. The minimum Gasteiger partial charge on any atom is -0.399 e. The molecule has 0 aliphatic carbocycles. The summed E-state index contributed by atoms with van der Waals surface area (Å²) >= 11 is 0. The summed E-state index contributed by atoms with van der Waals surface area (Å²) in [5.74, 6) is 0.432. The van der Waals surface area contributed by atoms with Crippen LogP contribution in [0.4, 0.5) is 24.7 Å². The van der Waals surface area contributed by atoms with E-state index in [-0.39, 0.29) is 21.0 Å². The molecule has 162 valence electrons. The molecule has 1 fully saturated rings. The third kappa shape index (κ3) is 4.36. The average Bonchev–Trinajstić information content (AvgIpc) is 3.28. The molecular formula is C22H20F3N3O2S. The van der Waals surface area contributed by atoms with Crippen LogP contribution in [0.3, 0.4) is 0 Å². The number of nitrogens with zero attached hydrogens (tertiary/aromatic N) is 2. The van der Waals surface area contributed by atoms with Crippen LogP contribution in [0.15, 0.2) is 70.5 Å².